The highest BCUT2D eigenvalue weighted by atomic mass is 16.5. The Morgan fingerprint density at radius 2 is 2.13 bits per heavy atom. The van der Waals surface area contributed by atoms with Crippen molar-refractivity contribution in [3.63, 3.8) is 0 Å². The van der Waals surface area contributed by atoms with Crippen LogP contribution < -0.4 is 5.32 Å². The van der Waals surface area contributed by atoms with Crippen LogP contribution in [0.25, 0.3) is 0 Å². The maximum atomic E-state index is 12.6. The molecule has 0 aliphatic carbocycles. The lowest BCUT2D eigenvalue weighted by Gasteiger charge is -2.35. The number of piperidine rings is 1. The quantitative estimate of drug-likeness (QED) is 0.827. The molecule has 1 N–H and O–H groups in total. The van der Waals surface area contributed by atoms with Crippen molar-refractivity contribution in [3.8, 4) is 0 Å². The van der Waals surface area contributed by atoms with Crippen molar-refractivity contribution in [3.05, 3.63) is 30.1 Å². The van der Waals surface area contributed by atoms with E-state index in [1.54, 1.807) is 6.20 Å². The number of carbonyl (C=O) groups is 1. The van der Waals surface area contributed by atoms with Crippen molar-refractivity contribution in [2.24, 2.45) is 0 Å². The fourth-order valence-corrected chi connectivity index (χ4v) is 3.18. The van der Waals surface area contributed by atoms with E-state index in [1.807, 2.05) is 23.2 Å². The van der Waals surface area contributed by atoms with Crippen molar-refractivity contribution >= 4 is 5.91 Å². The van der Waals surface area contributed by atoms with Gasteiger partial charge in [0, 0.05) is 51.7 Å². The number of carbonyl (C=O) groups excluding carboxylic acids is 1. The first-order chi connectivity index (χ1) is 11.3. The highest BCUT2D eigenvalue weighted by Crippen LogP contribution is 2.13. The zero-order valence-electron chi connectivity index (χ0n) is 13.6. The van der Waals surface area contributed by atoms with Crippen molar-refractivity contribution < 1.29 is 9.53 Å². The van der Waals surface area contributed by atoms with Gasteiger partial charge >= 0.3 is 0 Å². The topological polar surface area (TPSA) is 57.7 Å². The predicted octanol–water partition coefficient (Wildman–Crippen LogP) is 0.494. The Morgan fingerprint density at radius 3 is 2.91 bits per heavy atom. The molecule has 1 aromatic heterocycles. The lowest BCUT2D eigenvalue weighted by molar-refractivity contribution is -0.136. The van der Waals surface area contributed by atoms with Crippen LogP contribution in [-0.4, -0.2) is 72.7 Å². The third kappa shape index (κ3) is 4.73. The largest absolute Gasteiger partial charge is 0.379 e. The van der Waals surface area contributed by atoms with E-state index in [9.17, 15) is 4.79 Å². The number of hydrogen-bond acceptors (Lipinski definition) is 5. The second-order valence-corrected chi connectivity index (χ2v) is 6.22. The molecule has 0 radical (unpaired) electrons. The van der Waals surface area contributed by atoms with Crippen LogP contribution in [0.3, 0.4) is 0 Å². The molecule has 0 bridgehead atoms. The predicted molar refractivity (Wildman–Crippen MR) is 87.9 cm³/mol. The summed E-state index contributed by atoms with van der Waals surface area (Å²) in [7, 11) is 0. The van der Waals surface area contributed by atoms with Gasteiger partial charge in [-0.2, -0.15) is 0 Å². The fourth-order valence-electron chi connectivity index (χ4n) is 3.18. The summed E-state index contributed by atoms with van der Waals surface area (Å²) in [4.78, 5) is 21.1. The molecule has 0 aromatic carbocycles. The summed E-state index contributed by atoms with van der Waals surface area (Å²) in [5.74, 6) is 0.244. The lowest BCUT2D eigenvalue weighted by Crippen LogP contribution is -2.52. The van der Waals surface area contributed by atoms with E-state index < -0.39 is 0 Å². The molecule has 2 saturated heterocycles. The maximum absolute atomic E-state index is 12.6. The van der Waals surface area contributed by atoms with E-state index in [0.717, 1.165) is 64.3 Å². The van der Waals surface area contributed by atoms with Gasteiger partial charge in [-0.3, -0.25) is 14.7 Å². The summed E-state index contributed by atoms with van der Waals surface area (Å²) in [6.07, 6.45) is 5.60. The van der Waals surface area contributed by atoms with E-state index in [0.29, 0.717) is 6.54 Å². The van der Waals surface area contributed by atoms with Crippen LogP contribution >= 0.6 is 0 Å². The van der Waals surface area contributed by atoms with Crippen LogP contribution in [0.2, 0.25) is 0 Å². The van der Waals surface area contributed by atoms with Gasteiger partial charge < -0.3 is 15.0 Å². The van der Waals surface area contributed by atoms with Gasteiger partial charge in [0.05, 0.1) is 19.3 Å². The Balaban J connectivity index is 1.45. The van der Waals surface area contributed by atoms with Gasteiger partial charge in [0.2, 0.25) is 5.91 Å². The minimum Gasteiger partial charge on any atom is -0.379 e. The number of rotatable bonds is 6. The standard InChI is InChI=1S/C17H26N4O2/c22-17-16(19-14-15-3-1-5-18-13-15)4-2-6-21(17)8-7-20-9-11-23-12-10-20/h1,3,5,13,16,19H,2,4,6-12,14H2/t16-/m1/s1. The zero-order chi connectivity index (χ0) is 15.9. The Morgan fingerprint density at radius 1 is 1.26 bits per heavy atom. The van der Waals surface area contributed by atoms with Crippen LogP contribution in [-0.2, 0) is 16.1 Å². The van der Waals surface area contributed by atoms with Crippen molar-refractivity contribution in [2.75, 3.05) is 45.9 Å². The van der Waals surface area contributed by atoms with Crippen LogP contribution in [0, 0.1) is 0 Å². The molecule has 23 heavy (non-hydrogen) atoms. The molecule has 3 rings (SSSR count). The van der Waals surface area contributed by atoms with E-state index in [-0.39, 0.29) is 11.9 Å². The lowest BCUT2D eigenvalue weighted by atomic mass is 10.0. The number of morpholine rings is 1. The third-order valence-corrected chi connectivity index (χ3v) is 4.60. The molecular formula is C17H26N4O2. The summed E-state index contributed by atoms with van der Waals surface area (Å²) in [5.41, 5.74) is 1.12. The summed E-state index contributed by atoms with van der Waals surface area (Å²) >= 11 is 0. The highest BCUT2D eigenvalue weighted by molar-refractivity contribution is 5.82. The molecule has 1 aromatic rings. The zero-order valence-corrected chi connectivity index (χ0v) is 13.6. The minimum absolute atomic E-state index is 0.0614. The molecule has 6 heteroatoms. The Bertz CT molecular complexity index is 491. The van der Waals surface area contributed by atoms with Gasteiger partial charge in [0.1, 0.15) is 0 Å². The van der Waals surface area contributed by atoms with Crippen LogP contribution in [0.1, 0.15) is 18.4 Å². The van der Waals surface area contributed by atoms with E-state index in [2.05, 4.69) is 15.2 Å². The molecule has 3 heterocycles. The normalized spacial score (nSPS) is 23.2. The van der Waals surface area contributed by atoms with Crippen molar-refractivity contribution in [2.45, 2.75) is 25.4 Å². The van der Waals surface area contributed by atoms with E-state index in [4.69, 9.17) is 4.74 Å². The Hall–Kier alpha value is -1.50. The first kappa shape index (κ1) is 16.4. The average molecular weight is 318 g/mol. The van der Waals surface area contributed by atoms with Gasteiger partial charge in [-0.15, -0.1) is 0 Å². The number of nitrogens with zero attached hydrogens (tertiary/aromatic N) is 3. The molecular weight excluding hydrogens is 292 g/mol. The first-order valence-corrected chi connectivity index (χ1v) is 8.54. The third-order valence-electron chi connectivity index (χ3n) is 4.60. The number of nitrogens with one attached hydrogen (secondary N) is 1. The SMILES string of the molecule is O=C1[C@H](NCc2cccnc2)CCCN1CCN1CCOCC1. The molecule has 0 spiro atoms. The van der Waals surface area contributed by atoms with Gasteiger partial charge in [-0.25, -0.2) is 0 Å². The molecule has 2 fully saturated rings. The molecule has 1 amide bonds. The average Bonchev–Trinajstić information content (AvgIpc) is 2.61. The van der Waals surface area contributed by atoms with Gasteiger partial charge in [0.25, 0.3) is 0 Å². The molecule has 2 aliphatic heterocycles. The molecule has 2 aliphatic rings. The summed E-state index contributed by atoms with van der Waals surface area (Å²) < 4.78 is 5.37. The van der Waals surface area contributed by atoms with E-state index in [1.165, 1.54) is 0 Å². The number of pyridine rings is 1. The van der Waals surface area contributed by atoms with Crippen LogP contribution in [0.5, 0.6) is 0 Å². The van der Waals surface area contributed by atoms with Crippen LogP contribution in [0.4, 0.5) is 0 Å². The summed E-state index contributed by atoms with van der Waals surface area (Å²) in [5, 5.41) is 3.39. The minimum atomic E-state index is -0.0614. The Labute approximate surface area is 137 Å². The Kier molecular flexibility index (Phi) is 5.96. The van der Waals surface area contributed by atoms with Crippen molar-refractivity contribution in [1.82, 2.24) is 20.1 Å². The van der Waals surface area contributed by atoms with E-state index >= 15 is 0 Å². The number of amides is 1. The second kappa shape index (κ2) is 8.38. The first-order valence-electron chi connectivity index (χ1n) is 8.54. The maximum Gasteiger partial charge on any atom is 0.239 e. The molecule has 126 valence electrons. The number of aromatic nitrogens is 1. The fraction of sp³-hybridized carbons (Fsp3) is 0.647. The monoisotopic (exact) mass is 318 g/mol. The number of hydrogen-bond donors (Lipinski definition) is 1. The van der Waals surface area contributed by atoms with Gasteiger partial charge in [-0.05, 0) is 24.5 Å². The molecule has 0 unspecified atom stereocenters. The van der Waals surface area contributed by atoms with Crippen molar-refractivity contribution in [1.29, 1.82) is 0 Å². The second-order valence-electron chi connectivity index (χ2n) is 6.22. The molecule has 0 saturated carbocycles. The molecule has 1 atom stereocenters. The summed E-state index contributed by atoms with van der Waals surface area (Å²) in [6.45, 7) is 6.92. The van der Waals surface area contributed by atoms with Gasteiger partial charge in [-0.1, -0.05) is 6.07 Å². The van der Waals surface area contributed by atoms with Gasteiger partial charge in [0.15, 0.2) is 0 Å². The van der Waals surface area contributed by atoms with Crippen LogP contribution in [0.15, 0.2) is 24.5 Å². The number of likely N-dealkylation sites (tertiary alicyclic amines) is 1. The summed E-state index contributed by atoms with van der Waals surface area (Å²) in [6, 6.07) is 3.89. The molecule has 6 nitrogen and oxygen atoms in total. The highest BCUT2D eigenvalue weighted by Gasteiger charge is 2.28. The number of ether oxygens (including phenoxy) is 1. The smallest absolute Gasteiger partial charge is 0.239 e.